The van der Waals surface area contributed by atoms with Gasteiger partial charge in [0.25, 0.3) is 0 Å². The molecule has 0 atom stereocenters. The van der Waals surface area contributed by atoms with E-state index < -0.39 is 0 Å². The monoisotopic (exact) mass is 342 g/mol. The largest absolute Gasteiger partial charge is 0.343 e. The number of rotatable bonds is 3. The van der Waals surface area contributed by atoms with Crippen molar-refractivity contribution in [2.24, 2.45) is 5.73 Å². The fourth-order valence-electron chi connectivity index (χ4n) is 2.26. The SMILES string of the molecule is CN(c1ccc(CN)cc1)c1ccnc2cc(Br)cnc12. The molecule has 4 nitrogen and oxygen atoms in total. The van der Waals surface area contributed by atoms with Crippen LogP contribution in [0.2, 0.25) is 0 Å². The van der Waals surface area contributed by atoms with Gasteiger partial charge in [0.15, 0.2) is 0 Å². The first-order valence-corrected chi connectivity index (χ1v) is 7.41. The highest BCUT2D eigenvalue weighted by atomic mass is 79.9. The Labute approximate surface area is 131 Å². The first-order valence-electron chi connectivity index (χ1n) is 6.62. The molecule has 0 saturated heterocycles. The molecule has 106 valence electrons. The van der Waals surface area contributed by atoms with Crippen LogP contribution < -0.4 is 10.6 Å². The Hall–Kier alpha value is -1.98. The average molecular weight is 343 g/mol. The van der Waals surface area contributed by atoms with Crippen LogP contribution in [-0.4, -0.2) is 17.0 Å². The van der Waals surface area contributed by atoms with Crippen molar-refractivity contribution >= 4 is 38.3 Å². The predicted molar refractivity (Wildman–Crippen MR) is 89.6 cm³/mol. The number of benzene rings is 1. The summed E-state index contributed by atoms with van der Waals surface area (Å²) >= 11 is 3.43. The third kappa shape index (κ3) is 2.75. The summed E-state index contributed by atoms with van der Waals surface area (Å²) < 4.78 is 0.926. The lowest BCUT2D eigenvalue weighted by atomic mass is 10.2. The highest BCUT2D eigenvalue weighted by molar-refractivity contribution is 9.10. The molecule has 0 radical (unpaired) electrons. The quantitative estimate of drug-likeness (QED) is 0.789. The second-order valence-corrected chi connectivity index (χ2v) is 5.70. The molecule has 5 heteroatoms. The van der Waals surface area contributed by atoms with Gasteiger partial charge in [0.2, 0.25) is 0 Å². The van der Waals surface area contributed by atoms with Gasteiger partial charge >= 0.3 is 0 Å². The fourth-order valence-corrected chi connectivity index (χ4v) is 2.58. The van der Waals surface area contributed by atoms with E-state index in [2.05, 4.69) is 42.9 Å². The number of halogens is 1. The molecule has 2 aromatic heterocycles. The molecule has 0 aliphatic carbocycles. The molecule has 0 spiro atoms. The Morgan fingerprint density at radius 1 is 1.14 bits per heavy atom. The summed E-state index contributed by atoms with van der Waals surface area (Å²) in [6.45, 7) is 0.553. The molecule has 3 aromatic rings. The van der Waals surface area contributed by atoms with Gasteiger partial charge in [0.1, 0.15) is 5.52 Å². The van der Waals surface area contributed by atoms with Gasteiger partial charge in [-0.3, -0.25) is 9.97 Å². The molecule has 0 aliphatic heterocycles. The van der Waals surface area contributed by atoms with E-state index in [1.54, 1.807) is 12.4 Å². The average Bonchev–Trinajstić information content (AvgIpc) is 2.53. The number of fused-ring (bicyclic) bond motifs is 1. The van der Waals surface area contributed by atoms with E-state index >= 15 is 0 Å². The Kier molecular flexibility index (Phi) is 3.86. The third-order valence-corrected chi connectivity index (χ3v) is 3.88. The Morgan fingerprint density at radius 2 is 1.90 bits per heavy atom. The number of nitrogens with zero attached hydrogens (tertiary/aromatic N) is 3. The van der Waals surface area contributed by atoms with Crippen molar-refractivity contribution in [1.29, 1.82) is 0 Å². The van der Waals surface area contributed by atoms with Gasteiger partial charge in [-0.15, -0.1) is 0 Å². The molecule has 1 aromatic carbocycles. The van der Waals surface area contributed by atoms with Crippen LogP contribution in [0.15, 0.2) is 53.3 Å². The van der Waals surface area contributed by atoms with Crippen LogP contribution in [0.4, 0.5) is 11.4 Å². The van der Waals surface area contributed by atoms with E-state index in [1.807, 2.05) is 31.3 Å². The van der Waals surface area contributed by atoms with E-state index in [4.69, 9.17) is 5.73 Å². The van der Waals surface area contributed by atoms with Crippen molar-refractivity contribution in [3.05, 3.63) is 58.8 Å². The summed E-state index contributed by atoms with van der Waals surface area (Å²) in [5, 5.41) is 0. The van der Waals surface area contributed by atoms with Crippen LogP contribution in [0.25, 0.3) is 11.0 Å². The molecule has 0 saturated carbocycles. The molecular formula is C16H15BrN4. The van der Waals surface area contributed by atoms with Crippen molar-refractivity contribution in [3.8, 4) is 0 Å². The lowest BCUT2D eigenvalue weighted by molar-refractivity contribution is 1.07. The minimum Gasteiger partial charge on any atom is -0.343 e. The van der Waals surface area contributed by atoms with Gasteiger partial charge < -0.3 is 10.6 Å². The minimum atomic E-state index is 0.553. The number of hydrogen-bond acceptors (Lipinski definition) is 4. The molecule has 0 bridgehead atoms. The maximum absolute atomic E-state index is 5.64. The van der Waals surface area contributed by atoms with Gasteiger partial charge in [-0.2, -0.15) is 0 Å². The number of hydrogen-bond donors (Lipinski definition) is 1. The smallest absolute Gasteiger partial charge is 0.112 e. The van der Waals surface area contributed by atoms with Gasteiger partial charge in [-0.25, -0.2) is 0 Å². The fraction of sp³-hybridized carbons (Fsp3) is 0.125. The molecule has 2 N–H and O–H groups in total. The van der Waals surface area contributed by atoms with Gasteiger partial charge in [0.05, 0.1) is 11.2 Å². The number of anilines is 2. The Bertz CT molecular complexity index is 771. The maximum atomic E-state index is 5.64. The van der Waals surface area contributed by atoms with Gasteiger partial charge in [-0.05, 0) is 45.8 Å². The van der Waals surface area contributed by atoms with Crippen LogP contribution in [-0.2, 0) is 6.54 Å². The topological polar surface area (TPSA) is 55.0 Å². The lowest BCUT2D eigenvalue weighted by Crippen LogP contribution is -2.11. The molecule has 3 rings (SSSR count). The summed E-state index contributed by atoms with van der Waals surface area (Å²) in [5.74, 6) is 0. The zero-order chi connectivity index (χ0) is 14.8. The van der Waals surface area contributed by atoms with Crippen molar-refractivity contribution < 1.29 is 0 Å². The van der Waals surface area contributed by atoms with E-state index in [0.717, 1.165) is 32.4 Å². The highest BCUT2D eigenvalue weighted by Gasteiger charge is 2.10. The zero-order valence-electron chi connectivity index (χ0n) is 11.6. The Balaban J connectivity index is 2.06. The first kappa shape index (κ1) is 14.0. The van der Waals surface area contributed by atoms with Gasteiger partial charge in [-0.1, -0.05) is 12.1 Å². The molecule has 0 amide bonds. The van der Waals surface area contributed by atoms with Crippen LogP contribution >= 0.6 is 15.9 Å². The van der Waals surface area contributed by atoms with E-state index in [1.165, 1.54) is 0 Å². The minimum absolute atomic E-state index is 0.553. The van der Waals surface area contributed by atoms with Crippen LogP contribution in [0, 0.1) is 0 Å². The maximum Gasteiger partial charge on any atom is 0.112 e. The molecule has 0 aliphatic rings. The van der Waals surface area contributed by atoms with E-state index in [-0.39, 0.29) is 0 Å². The second kappa shape index (κ2) is 5.79. The second-order valence-electron chi connectivity index (χ2n) is 4.78. The molecule has 2 heterocycles. The molecular weight excluding hydrogens is 328 g/mol. The molecule has 21 heavy (non-hydrogen) atoms. The van der Waals surface area contributed by atoms with Gasteiger partial charge in [0, 0.05) is 36.1 Å². The van der Waals surface area contributed by atoms with Crippen molar-refractivity contribution in [2.75, 3.05) is 11.9 Å². The normalized spacial score (nSPS) is 10.8. The van der Waals surface area contributed by atoms with Crippen molar-refractivity contribution in [1.82, 2.24) is 9.97 Å². The predicted octanol–water partition coefficient (Wildman–Crippen LogP) is 3.62. The number of nitrogens with two attached hydrogens (primary N) is 1. The highest BCUT2D eigenvalue weighted by Crippen LogP contribution is 2.29. The van der Waals surface area contributed by atoms with Crippen molar-refractivity contribution in [3.63, 3.8) is 0 Å². The third-order valence-electron chi connectivity index (χ3n) is 3.44. The van der Waals surface area contributed by atoms with Crippen LogP contribution in [0.3, 0.4) is 0 Å². The zero-order valence-corrected chi connectivity index (χ0v) is 13.2. The standard InChI is InChI=1S/C16H15BrN4/c1-21(13-4-2-11(9-18)3-5-13)15-6-7-19-14-8-12(17)10-20-16(14)15/h2-8,10H,9,18H2,1H3. The van der Waals surface area contributed by atoms with E-state index in [0.29, 0.717) is 6.54 Å². The van der Waals surface area contributed by atoms with Crippen molar-refractivity contribution in [2.45, 2.75) is 6.54 Å². The Morgan fingerprint density at radius 3 is 2.62 bits per heavy atom. The molecule has 0 fully saturated rings. The summed E-state index contributed by atoms with van der Waals surface area (Å²) in [5.41, 5.74) is 10.6. The summed E-state index contributed by atoms with van der Waals surface area (Å²) in [4.78, 5) is 11.0. The summed E-state index contributed by atoms with van der Waals surface area (Å²) in [7, 11) is 2.02. The number of pyridine rings is 2. The molecule has 0 unspecified atom stereocenters. The van der Waals surface area contributed by atoms with E-state index in [9.17, 15) is 0 Å². The van der Waals surface area contributed by atoms with Crippen LogP contribution in [0.5, 0.6) is 0 Å². The van der Waals surface area contributed by atoms with Crippen LogP contribution in [0.1, 0.15) is 5.56 Å². The summed E-state index contributed by atoms with van der Waals surface area (Å²) in [6, 6.07) is 12.1. The lowest BCUT2D eigenvalue weighted by Gasteiger charge is -2.20. The summed E-state index contributed by atoms with van der Waals surface area (Å²) in [6.07, 6.45) is 3.59. The number of aromatic nitrogens is 2. The first-order chi connectivity index (χ1) is 10.2.